The van der Waals surface area contributed by atoms with Crippen LogP contribution in [0.2, 0.25) is 0 Å². The molecule has 0 bridgehead atoms. The van der Waals surface area contributed by atoms with Crippen molar-refractivity contribution in [2.24, 2.45) is 0 Å². The van der Waals surface area contributed by atoms with Crippen LogP contribution < -0.4 is 0 Å². The number of esters is 1. The van der Waals surface area contributed by atoms with Crippen LogP contribution in [0.15, 0.2) is 12.1 Å². The molecule has 1 rings (SSSR count). The highest BCUT2D eigenvalue weighted by Crippen LogP contribution is 2.26. The Kier molecular flexibility index (Phi) is 4.97. The molecule has 0 aromatic heterocycles. The van der Waals surface area contributed by atoms with Gasteiger partial charge in [-0.2, -0.15) is 5.26 Å². The van der Waals surface area contributed by atoms with Crippen molar-refractivity contribution in [2.45, 2.75) is 20.0 Å². The van der Waals surface area contributed by atoms with Crippen LogP contribution in [0.1, 0.15) is 23.6 Å². The maximum Gasteiger partial charge on any atom is 0.310 e. The number of nitrogens with zero attached hydrogens (tertiary/aromatic N) is 2. The van der Waals surface area contributed by atoms with E-state index < -0.39 is 17.5 Å². The SMILES string of the molecule is CCOC(=O)Cc1c(C#N)ccc([N+](=O)[O-])c1CO. The number of carbonyl (C=O) groups excluding carboxylic acids is 1. The predicted molar refractivity (Wildman–Crippen MR) is 64.1 cm³/mol. The number of hydrogen-bond acceptors (Lipinski definition) is 6. The average molecular weight is 264 g/mol. The third-order valence-electron chi connectivity index (χ3n) is 2.51. The Morgan fingerprint density at radius 3 is 2.68 bits per heavy atom. The lowest BCUT2D eigenvalue weighted by Gasteiger charge is -2.09. The number of carbonyl (C=O) groups is 1. The highest BCUT2D eigenvalue weighted by atomic mass is 16.6. The molecule has 1 N–H and O–H groups in total. The largest absolute Gasteiger partial charge is 0.466 e. The molecule has 0 saturated carbocycles. The van der Waals surface area contributed by atoms with E-state index in [4.69, 9.17) is 10.00 Å². The molecule has 0 spiro atoms. The van der Waals surface area contributed by atoms with E-state index in [1.165, 1.54) is 6.07 Å². The highest BCUT2D eigenvalue weighted by molar-refractivity contribution is 5.75. The van der Waals surface area contributed by atoms with E-state index in [9.17, 15) is 20.0 Å². The van der Waals surface area contributed by atoms with Crippen LogP contribution in [-0.2, 0) is 22.6 Å². The molecular weight excluding hydrogens is 252 g/mol. The number of aliphatic hydroxyl groups is 1. The Balaban J connectivity index is 3.32. The number of rotatable bonds is 5. The normalized spacial score (nSPS) is 9.74. The Hall–Kier alpha value is -2.46. The van der Waals surface area contributed by atoms with Gasteiger partial charge in [-0.15, -0.1) is 0 Å². The third kappa shape index (κ3) is 3.26. The Morgan fingerprint density at radius 2 is 2.21 bits per heavy atom. The second-order valence-electron chi connectivity index (χ2n) is 3.60. The molecule has 7 heteroatoms. The summed E-state index contributed by atoms with van der Waals surface area (Å²) in [6.07, 6.45) is -0.283. The number of ether oxygens (including phenoxy) is 1. The molecule has 7 nitrogen and oxygen atoms in total. The minimum atomic E-state index is -0.665. The van der Waals surface area contributed by atoms with Crippen LogP contribution >= 0.6 is 0 Å². The fourth-order valence-corrected chi connectivity index (χ4v) is 1.69. The van der Waals surface area contributed by atoms with E-state index in [0.717, 1.165) is 6.07 Å². The lowest BCUT2D eigenvalue weighted by molar-refractivity contribution is -0.385. The molecule has 100 valence electrons. The molecule has 0 radical (unpaired) electrons. The second-order valence-corrected chi connectivity index (χ2v) is 3.60. The fraction of sp³-hybridized carbons (Fsp3) is 0.333. The van der Waals surface area contributed by atoms with Gasteiger partial charge in [-0.1, -0.05) is 0 Å². The van der Waals surface area contributed by atoms with Crippen molar-refractivity contribution >= 4 is 11.7 Å². The second kappa shape index (κ2) is 6.47. The van der Waals surface area contributed by atoms with Crippen LogP contribution in [0.25, 0.3) is 0 Å². The highest BCUT2D eigenvalue weighted by Gasteiger charge is 2.22. The lowest BCUT2D eigenvalue weighted by Crippen LogP contribution is -2.12. The van der Waals surface area contributed by atoms with E-state index in [0.29, 0.717) is 0 Å². The minimum absolute atomic E-state index is 0.0305. The van der Waals surface area contributed by atoms with Gasteiger partial charge in [-0.25, -0.2) is 0 Å². The summed E-state index contributed by atoms with van der Waals surface area (Å²) >= 11 is 0. The number of nitro benzene ring substituents is 1. The van der Waals surface area contributed by atoms with Gasteiger partial charge in [0.05, 0.1) is 41.8 Å². The summed E-state index contributed by atoms with van der Waals surface area (Å²) in [6, 6.07) is 4.24. The van der Waals surface area contributed by atoms with Gasteiger partial charge in [0.25, 0.3) is 5.69 Å². The van der Waals surface area contributed by atoms with Crippen molar-refractivity contribution in [2.75, 3.05) is 6.61 Å². The van der Waals surface area contributed by atoms with Crippen molar-refractivity contribution in [3.63, 3.8) is 0 Å². The molecule has 0 fully saturated rings. The number of nitriles is 1. The Morgan fingerprint density at radius 1 is 1.53 bits per heavy atom. The first-order chi connectivity index (χ1) is 9.04. The smallest absolute Gasteiger partial charge is 0.310 e. The Bertz CT molecular complexity index is 548. The number of hydrogen-bond donors (Lipinski definition) is 1. The van der Waals surface area contributed by atoms with E-state index >= 15 is 0 Å². The summed E-state index contributed by atoms with van der Waals surface area (Å²) in [6.45, 7) is 1.17. The van der Waals surface area contributed by atoms with E-state index in [-0.39, 0.29) is 35.4 Å². The van der Waals surface area contributed by atoms with Crippen molar-refractivity contribution in [1.82, 2.24) is 0 Å². The molecule has 0 saturated heterocycles. The van der Waals surface area contributed by atoms with Crippen molar-refractivity contribution in [3.8, 4) is 6.07 Å². The van der Waals surface area contributed by atoms with Crippen LogP contribution in [-0.4, -0.2) is 22.6 Å². The van der Waals surface area contributed by atoms with Gasteiger partial charge in [0, 0.05) is 6.07 Å². The molecule has 0 aliphatic carbocycles. The van der Waals surface area contributed by atoms with Gasteiger partial charge >= 0.3 is 5.97 Å². The van der Waals surface area contributed by atoms with Crippen molar-refractivity contribution in [1.29, 1.82) is 5.26 Å². The van der Waals surface area contributed by atoms with Crippen LogP contribution in [0.5, 0.6) is 0 Å². The summed E-state index contributed by atoms with van der Waals surface area (Å²) in [7, 11) is 0. The summed E-state index contributed by atoms with van der Waals surface area (Å²) in [5.41, 5.74) is -0.0988. The maximum absolute atomic E-state index is 11.4. The first-order valence-electron chi connectivity index (χ1n) is 5.50. The zero-order chi connectivity index (χ0) is 14.4. The predicted octanol–water partition coefficient (Wildman–Crippen LogP) is 1.06. The summed E-state index contributed by atoms with van der Waals surface area (Å²) in [5.74, 6) is -0.603. The fourth-order valence-electron chi connectivity index (χ4n) is 1.69. The standard InChI is InChI=1S/C12H12N2O5/c1-2-19-12(16)5-9-8(6-13)3-4-11(14(17)18)10(9)7-15/h3-4,15H,2,5,7H2,1H3. The van der Waals surface area contributed by atoms with Crippen molar-refractivity contribution in [3.05, 3.63) is 38.9 Å². The molecule has 0 unspecified atom stereocenters. The van der Waals surface area contributed by atoms with E-state index in [2.05, 4.69) is 0 Å². The molecule has 0 aliphatic rings. The van der Waals surface area contributed by atoms with Gasteiger partial charge in [-0.05, 0) is 18.6 Å². The minimum Gasteiger partial charge on any atom is -0.466 e. The summed E-state index contributed by atoms with van der Waals surface area (Å²) in [5, 5.41) is 29.0. The van der Waals surface area contributed by atoms with Crippen LogP contribution in [0.3, 0.4) is 0 Å². The molecule has 0 heterocycles. The topological polar surface area (TPSA) is 113 Å². The molecule has 0 atom stereocenters. The molecule has 1 aromatic rings. The zero-order valence-corrected chi connectivity index (χ0v) is 10.3. The van der Waals surface area contributed by atoms with Crippen molar-refractivity contribution < 1.29 is 19.6 Å². The number of nitro groups is 1. The lowest BCUT2D eigenvalue weighted by atomic mass is 9.97. The third-order valence-corrected chi connectivity index (χ3v) is 2.51. The summed E-state index contributed by atoms with van der Waals surface area (Å²) in [4.78, 5) is 21.6. The molecular formula is C12H12N2O5. The van der Waals surface area contributed by atoms with Gasteiger partial charge in [0.2, 0.25) is 0 Å². The first kappa shape index (κ1) is 14.6. The quantitative estimate of drug-likeness (QED) is 0.483. The monoisotopic (exact) mass is 264 g/mol. The molecule has 1 aromatic carbocycles. The molecule has 0 amide bonds. The maximum atomic E-state index is 11.4. The van der Waals surface area contributed by atoms with Gasteiger partial charge < -0.3 is 9.84 Å². The Labute approximate surface area is 109 Å². The van der Waals surface area contributed by atoms with Crippen LogP contribution in [0.4, 0.5) is 5.69 Å². The van der Waals surface area contributed by atoms with Gasteiger partial charge in [0.1, 0.15) is 0 Å². The van der Waals surface area contributed by atoms with Gasteiger partial charge in [-0.3, -0.25) is 14.9 Å². The number of aliphatic hydroxyl groups excluding tert-OH is 1. The van der Waals surface area contributed by atoms with E-state index in [1.54, 1.807) is 6.92 Å². The zero-order valence-electron chi connectivity index (χ0n) is 10.3. The number of benzene rings is 1. The first-order valence-corrected chi connectivity index (χ1v) is 5.50. The average Bonchev–Trinajstić information content (AvgIpc) is 2.38. The molecule has 0 aliphatic heterocycles. The van der Waals surface area contributed by atoms with Gasteiger partial charge in [0.15, 0.2) is 0 Å². The molecule has 19 heavy (non-hydrogen) atoms. The van der Waals surface area contributed by atoms with E-state index in [1.807, 2.05) is 6.07 Å². The summed E-state index contributed by atoms with van der Waals surface area (Å²) < 4.78 is 4.75. The van der Waals surface area contributed by atoms with Crippen LogP contribution in [0, 0.1) is 21.4 Å².